The van der Waals surface area contributed by atoms with Crippen LogP contribution in [0, 0.1) is 38.5 Å². The molecule has 4 N–H and O–H groups in total. The van der Waals surface area contributed by atoms with Gasteiger partial charge in [0.1, 0.15) is 22.8 Å². The molecule has 0 saturated carbocycles. The summed E-state index contributed by atoms with van der Waals surface area (Å²) in [5, 5.41) is 11.6. The van der Waals surface area contributed by atoms with Gasteiger partial charge in [0.05, 0.1) is 23.1 Å². The second-order valence-electron chi connectivity index (χ2n) is 20.5. The average molecular weight is 1030 g/mol. The van der Waals surface area contributed by atoms with Gasteiger partial charge in [-0.2, -0.15) is 39.5 Å². The largest absolute Gasteiger partial charge is 0.481 e. The van der Waals surface area contributed by atoms with Crippen molar-refractivity contribution >= 4 is 35.4 Å². The summed E-state index contributed by atoms with van der Waals surface area (Å²) >= 11 is 0. The Balaban J connectivity index is 0.000000264. The Hall–Kier alpha value is -5.86. The highest BCUT2D eigenvalue weighted by Gasteiger charge is 2.37. The smallest absolute Gasteiger partial charge is 0.416 e. The molecule has 6 rings (SSSR count). The number of nitrogens with zero attached hydrogens (tertiary/aromatic N) is 2. The van der Waals surface area contributed by atoms with Crippen molar-refractivity contribution in [3.8, 4) is 0 Å². The zero-order valence-electron chi connectivity index (χ0n) is 41.9. The molecule has 12 nitrogen and oxygen atoms in total. The number of alkyl halides is 9. The number of anilines is 1. The third-order valence-electron chi connectivity index (χ3n) is 10.7. The van der Waals surface area contributed by atoms with E-state index in [4.69, 9.17) is 20.3 Å². The number of hydrogen-bond donors (Lipinski definition) is 3. The van der Waals surface area contributed by atoms with Gasteiger partial charge in [0.2, 0.25) is 0 Å². The number of ketones is 2. The van der Waals surface area contributed by atoms with Crippen LogP contribution in [0.15, 0.2) is 54.6 Å². The van der Waals surface area contributed by atoms with E-state index in [0.717, 1.165) is 49.5 Å². The maximum atomic E-state index is 12.9. The quantitative estimate of drug-likeness (QED) is 0.131. The number of nitrogen functional groups attached to an aromatic ring is 1. The highest BCUT2D eigenvalue weighted by molar-refractivity contribution is 5.82. The number of halogens is 9. The number of ether oxygens (including phenoxy) is 2. The molecule has 21 heteroatoms. The van der Waals surface area contributed by atoms with Crippen LogP contribution in [0.4, 0.5) is 54.8 Å². The third kappa shape index (κ3) is 21.9. The van der Waals surface area contributed by atoms with Crippen LogP contribution in [0.5, 0.6) is 0 Å². The van der Waals surface area contributed by atoms with Gasteiger partial charge in [-0.25, -0.2) is 9.59 Å². The second-order valence-corrected chi connectivity index (χ2v) is 20.5. The fourth-order valence-electron chi connectivity index (χ4n) is 7.57. The van der Waals surface area contributed by atoms with Crippen molar-refractivity contribution in [2.45, 2.75) is 124 Å². The Morgan fingerprint density at radius 3 is 1.18 bits per heavy atom. The summed E-state index contributed by atoms with van der Waals surface area (Å²) in [6.07, 6.45) is -13.0. The van der Waals surface area contributed by atoms with Gasteiger partial charge in [-0.3, -0.25) is 14.4 Å². The molecule has 0 aliphatic carbocycles. The van der Waals surface area contributed by atoms with Crippen LogP contribution in [0.3, 0.4) is 0 Å². The van der Waals surface area contributed by atoms with E-state index in [1.807, 2.05) is 0 Å². The predicted molar refractivity (Wildman–Crippen MR) is 251 cm³/mol. The lowest BCUT2D eigenvalue weighted by molar-refractivity contribution is -0.140. The van der Waals surface area contributed by atoms with Gasteiger partial charge in [-0.05, 0) is 140 Å². The molecule has 0 atom stereocenters. The van der Waals surface area contributed by atoms with E-state index in [2.05, 4.69) is 5.32 Å². The Labute approximate surface area is 413 Å². The first-order valence-corrected chi connectivity index (χ1v) is 23.1. The van der Waals surface area contributed by atoms with E-state index in [0.29, 0.717) is 66.3 Å². The number of carboxylic acid groups (broad SMARTS) is 1. The number of aliphatic carboxylic acids is 1. The van der Waals surface area contributed by atoms with Crippen molar-refractivity contribution in [2.75, 3.05) is 45.0 Å². The minimum Gasteiger partial charge on any atom is -0.481 e. The van der Waals surface area contributed by atoms with Crippen molar-refractivity contribution in [1.82, 2.24) is 15.1 Å². The van der Waals surface area contributed by atoms with Crippen LogP contribution in [0.2, 0.25) is 0 Å². The molecule has 0 bridgehead atoms. The highest BCUT2D eigenvalue weighted by Crippen LogP contribution is 2.34. The van der Waals surface area contributed by atoms with Gasteiger partial charge in [-0.1, -0.05) is 23.3 Å². The number of nitrogens with one attached hydrogen (secondary N) is 1. The van der Waals surface area contributed by atoms with Gasteiger partial charge in [0.15, 0.2) is 0 Å². The molecule has 3 aliphatic heterocycles. The summed E-state index contributed by atoms with van der Waals surface area (Å²) in [6.45, 7) is 19.0. The highest BCUT2D eigenvalue weighted by atomic mass is 19.4. The summed E-state index contributed by atoms with van der Waals surface area (Å²) in [7, 11) is 0. The van der Waals surface area contributed by atoms with Crippen molar-refractivity contribution in [1.29, 1.82) is 0 Å². The normalized spacial score (nSPS) is 15.4. The number of carboxylic acids is 1. The van der Waals surface area contributed by atoms with Crippen LogP contribution in [0.25, 0.3) is 0 Å². The van der Waals surface area contributed by atoms with Crippen LogP contribution in [0.1, 0.15) is 105 Å². The van der Waals surface area contributed by atoms with Gasteiger partial charge in [-0.15, -0.1) is 0 Å². The second kappa shape index (κ2) is 24.7. The van der Waals surface area contributed by atoms with Gasteiger partial charge < -0.3 is 35.4 Å². The zero-order chi connectivity index (χ0) is 54.7. The molecule has 72 heavy (non-hydrogen) atoms. The number of likely N-dealkylation sites (tertiary alicyclic amines) is 2. The van der Waals surface area contributed by atoms with Crippen molar-refractivity contribution < 1.29 is 78.1 Å². The molecule has 3 aromatic carbocycles. The lowest BCUT2D eigenvalue weighted by atomic mass is 9.91. The number of Topliss-reactive ketones (excluding diaryl/α,β-unsaturated/α-hetero) is 2. The standard InChI is InChI=1S/C19H24F3NO3.C14H16F3NO.C10H17NO4.C8H8F3N/c1-12-5-13(7-15(6-12)19(20,21)22)8-16(24)9-14-10-23(11-14)17(25)26-18(2,3)4;1-9-2-10(4-12(3-9)14(15,16)17)5-13(19)6-11-7-18-8-11;1-10(2,3)15-9(14)11-5-7(6-11)4-8(12)13;1-5-2-6(8(9,10)11)4-7(12)3-5/h5-7,14H,8-11H2,1-4H3;2-4,11,18H,5-8H2,1H3;7H,4-6H2,1-3H3,(H,12,13);2-4H,12H2,1H3. The number of rotatable bonds is 10. The fourth-order valence-corrected chi connectivity index (χ4v) is 7.57. The molecule has 400 valence electrons. The van der Waals surface area contributed by atoms with Crippen LogP contribution < -0.4 is 11.1 Å². The average Bonchev–Trinajstić information content (AvgIpc) is 3.13. The van der Waals surface area contributed by atoms with E-state index in [1.165, 1.54) is 15.9 Å². The molecule has 0 spiro atoms. The van der Waals surface area contributed by atoms with E-state index in [9.17, 15) is 63.5 Å². The zero-order valence-corrected chi connectivity index (χ0v) is 41.9. The summed E-state index contributed by atoms with van der Waals surface area (Å²) in [4.78, 5) is 60.7. The summed E-state index contributed by atoms with van der Waals surface area (Å²) in [5.41, 5.74) is 4.56. The van der Waals surface area contributed by atoms with E-state index in [-0.39, 0.29) is 60.9 Å². The third-order valence-corrected chi connectivity index (χ3v) is 10.7. The number of nitrogens with two attached hydrogens (primary N) is 1. The minimum absolute atomic E-state index is 0.00484. The molecule has 2 amide bonds. The molecular formula is C51H65F9N4O8. The first kappa shape index (κ1) is 60.4. The number of amides is 2. The summed E-state index contributed by atoms with van der Waals surface area (Å²) < 4.78 is 123. The molecule has 0 aromatic heterocycles. The van der Waals surface area contributed by atoms with E-state index >= 15 is 0 Å². The maximum absolute atomic E-state index is 12.9. The Morgan fingerprint density at radius 1 is 0.542 bits per heavy atom. The number of carbonyl (C=O) groups excluding carboxylic acids is 4. The molecule has 3 aromatic rings. The van der Waals surface area contributed by atoms with Gasteiger partial charge in [0.25, 0.3) is 0 Å². The van der Waals surface area contributed by atoms with Crippen molar-refractivity contribution in [3.63, 3.8) is 0 Å². The van der Waals surface area contributed by atoms with Gasteiger partial charge >= 0.3 is 36.7 Å². The van der Waals surface area contributed by atoms with Gasteiger partial charge in [0, 0.05) is 69.4 Å². The van der Waals surface area contributed by atoms with E-state index in [1.54, 1.807) is 74.4 Å². The van der Waals surface area contributed by atoms with E-state index < -0.39 is 58.5 Å². The van der Waals surface area contributed by atoms with Crippen LogP contribution in [-0.2, 0) is 55.2 Å². The topological polar surface area (TPSA) is 169 Å². The lowest BCUT2D eigenvalue weighted by Crippen LogP contribution is -2.52. The molecule has 3 heterocycles. The van der Waals surface area contributed by atoms with Crippen LogP contribution in [-0.4, -0.2) is 95.1 Å². The first-order valence-electron chi connectivity index (χ1n) is 23.1. The number of aryl methyl sites for hydroxylation is 3. The van der Waals surface area contributed by atoms with Crippen molar-refractivity contribution in [2.24, 2.45) is 17.8 Å². The Morgan fingerprint density at radius 2 is 0.875 bits per heavy atom. The summed E-state index contributed by atoms with van der Waals surface area (Å²) in [5.74, 6) is -0.483. The number of benzene rings is 3. The first-order chi connectivity index (χ1) is 32.8. The minimum atomic E-state index is -4.42. The Kier molecular flexibility index (Phi) is 20.7. The molecule has 3 saturated heterocycles. The predicted octanol–water partition coefficient (Wildman–Crippen LogP) is 11.0. The number of carbonyl (C=O) groups is 5. The SMILES string of the molecule is CC(C)(C)OC(=O)N1CC(CC(=O)O)C1.Cc1cc(CC(=O)CC2CN(C(=O)OC(C)(C)C)C2)cc(C(F)(F)F)c1.Cc1cc(CC(=O)CC2CNC2)cc(C(F)(F)F)c1.Cc1cc(N)cc(C(F)(F)F)c1. The molecular weight excluding hydrogens is 968 g/mol. The molecule has 3 aliphatic rings. The van der Waals surface area contributed by atoms with Crippen molar-refractivity contribution in [3.05, 3.63) is 99.1 Å². The fraction of sp³-hybridized carbons (Fsp3) is 0.549. The lowest BCUT2D eigenvalue weighted by Gasteiger charge is -2.39. The molecule has 0 unspecified atom stereocenters. The van der Waals surface area contributed by atoms with Crippen LogP contribution >= 0.6 is 0 Å². The molecule has 0 radical (unpaired) electrons. The maximum Gasteiger partial charge on any atom is 0.416 e. The Bertz CT molecular complexity index is 2340. The summed E-state index contributed by atoms with van der Waals surface area (Å²) in [6, 6.07) is 11.0. The monoisotopic (exact) mass is 1030 g/mol. The molecule has 3 fully saturated rings. The number of hydrogen-bond acceptors (Lipinski definition) is 9.